The predicted molar refractivity (Wildman–Crippen MR) is 86.2 cm³/mol. The van der Waals surface area contributed by atoms with Crippen LogP contribution in [0.15, 0.2) is 30.5 Å². The van der Waals surface area contributed by atoms with Gasteiger partial charge in [-0.1, -0.05) is 17.7 Å². The summed E-state index contributed by atoms with van der Waals surface area (Å²) in [4.78, 5) is 7.07. The summed E-state index contributed by atoms with van der Waals surface area (Å²) in [5.74, 6) is 1.49. The van der Waals surface area contributed by atoms with E-state index < -0.39 is 0 Å². The lowest BCUT2D eigenvalue weighted by Crippen LogP contribution is -2.30. The minimum atomic E-state index is 0.403. The van der Waals surface area contributed by atoms with Crippen molar-refractivity contribution < 1.29 is 0 Å². The van der Waals surface area contributed by atoms with Crippen LogP contribution >= 0.6 is 11.6 Å². The lowest BCUT2D eigenvalue weighted by Gasteiger charge is -2.19. The van der Waals surface area contributed by atoms with Crippen molar-refractivity contribution in [3.05, 3.63) is 41.0 Å². The lowest BCUT2D eigenvalue weighted by molar-refractivity contribution is 0.299. The molecule has 21 heavy (non-hydrogen) atoms. The number of rotatable bonds is 2. The average molecular weight is 302 g/mol. The minimum Gasteiger partial charge on any atom is -0.327 e. The van der Waals surface area contributed by atoms with Crippen LogP contribution in [0.1, 0.15) is 18.4 Å². The first-order valence-electron chi connectivity index (χ1n) is 7.72. The molecule has 1 aromatic carbocycles. The standard InChI is InChI=1S/C17H20ClN3/c18-15-5-3-12(17-13(15)2-1-7-20-17)9-21-8-11-4-6-16(19)14(11)10-21/h1-3,5,7,11,14,16H,4,6,8-10,19H2. The van der Waals surface area contributed by atoms with Gasteiger partial charge >= 0.3 is 0 Å². The molecule has 0 amide bonds. The fourth-order valence-corrected chi connectivity index (χ4v) is 4.31. The van der Waals surface area contributed by atoms with Gasteiger partial charge < -0.3 is 5.73 Å². The number of pyridine rings is 1. The Morgan fingerprint density at radius 2 is 2.14 bits per heavy atom. The van der Waals surface area contributed by atoms with E-state index in [0.29, 0.717) is 12.0 Å². The highest BCUT2D eigenvalue weighted by Crippen LogP contribution is 2.38. The molecule has 2 N–H and O–H groups in total. The second kappa shape index (κ2) is 5.24. The number of hydrogen-bond donors (Lipinski definition) is 1. The molecule has 3 nitrogen and oxygen atoms in total. The number of nitrogens with two attached hydrogens (primary N) is 1. The third-order valence-electron chi connectivity index (χ3n) is 5.18. The van der Waals surface area contributed by atoms with Gasteiger partial charge in [-0.3, -0.25) is 9.88 Å². The third kappa shape index (κ3) is 2.33. The zero-order valence-electron chi connectivity index (χ0n) is 12.0. The summed E-state index contributed by atoms with van der Waals surface area (Å²) < 4.78 is 0. The molecule has 1 aliphatic heterocycles. The zero-order chi connectivity index (χ0) is 14.4. The number of likely N-dealkylation sites (tertiary alicyclic amines) is 1. The molecule has 2 heterocycles. The second-order valence-corrected chi connectivity index (χ2v) is 6.87. The molecule has 1 aliphatic carbocycles. The zero-order valence-corrected chi connectivity index (χ0v) is 12.8. The first-order chi connectivity index (χ1) is 10.2. The number of aromatic nitrogens is 1. The lowest BCUT2D eigenvalue weighted by atomic mass is 9.98. The van der Waals surface area contributed by atoms with Crippen molar-refractivity contribution in [2.75, 3.05) is 13.1 Å². The fraction of sp³-hybridized carbons (Fsp3) is 0.471. The number of fused-ring (bicyclic) bond motifs is 2. The molecular weight excluding hydrogens is 282 g/mol. The highest BCUT2D eigenvalue weighted by Gasteiger charge is 2.40. The van der Waals surface area contributed by atoms with Crippen LogP contribution < -0.4 is 5.73 Å². The van der Waals surface area contributed by atoms with Crippen LogP contribution in [-0.2, 0) is 6.54 Å². The van der Waals surface area contributed by atoms with Crippen molar-refractivity contribution in [1.29, 1.82) is 0 Å². The summed E-state index contributed by atoms with van der Waals surface area (Å²) in [7, 11) is 0. The maximum absolute atomic E-state index is 6.27. The molecule has 0 spiro atoms. The predicted octanol–water partition coefficient (Wildman–Crippen LogP) is 3.06. The number of nitrogens with zero attached hydrogens (tertiary/aromatic N) is 2. The van der Waals surface area contributed by atoms with E-state index in [9.17, 15) is 0 Å². The van der Waals surface area contributed by atoms with E-state index in [1.54, 1.807) is 0 Å². The molecule has 1 saturated carbocycles. The van der Waals surface area contributed by atoms with E-state index in [0.717, 1.165) is 34.9 Å². The molecule has 110 valence electrons. The Kier molecular flexibility index (Phi) is 3.37. The van der Waals surface area contributed by atoms with Gasteiger partial charge in [-0.25, -0.2) is 0 Å². The van der Waals surface area contributed by atoms with Gasteiger partial charge in [0.25, 0.3) is 0 Å². The van der Waals surface area contributed by atoms with Gasteiger partial charge in [0.05, 0.1) is 5.52 Å². The van der Waals surface area contributed by atoms with E-state index in [4.69, 9.17) is 17.3 Å². The highest BCUT2D eigenvalue weighted by molar-refractivity contribution is 6.35. The molecule has 1 aromatic heterocycles. The summed E-state index contributed by atoms with van der Waals surface area (Å²) in [6, 6.07) is 8.50. The molecule has 2 aromatic rings. The summed E-state index contributed by atoms with van der Waals surface area (Å²) in [6.45, 7) is 3.25. The van der Waals surface area contributed by atoms with Crippen molar-refractivity contribution >= 4 is 22.5 Å². The van der Waals surface area contributed by atoms with Crippen molar-refractivity contribution in [3.63, 3.8) is 0 Å². The Bertz CT molecular complexity index is 672. The molecular formula is C17H20ClN3. The Morgan fingerprint density at radius 3 is 3.00 bits per heavy atom. The van der Waals surface area contributed by atoms with Gasteiger partial charge in [-0.05, 0) is 48.4 Å². The highest BCUT2D eigenvalue weighted by atomic mass is 35.5. The summed E-state index contributed by atoms with van der Waals surface area (Å²) in [5, 5.41) is 1.83. The summed E-state index contributed by atoms with van der Waals surface area (Å²) in [5.41, 5.74) is 8.53. The third-order valence-corrected chi connectivity index (χ3v) is 5.51. The Morgan fingerprint density at radius 1 is 1.24 bits per heavy atom. The fourth-order valence-electron chi connectivity index (χ4n) is 4.09. The first-order valence-corrected chi connectivity index (χ1v) is 8.10. The van der Waals surface area contributed by atoms with E-state index in [2.05, 4.69) is 16.0 Å². The van der Waals surface area contributed by atoms with Crippen molar-refractivity contribution in [2.45, 2.75) is 25.4 Å². The number of benzene rings is 1. The molecule has 4 heteroatoms. The smallest absolute Gasteiger partial charge is 0.0761 e. The van der Waals surface area contributed by atoms with Crippen LogP contribution in [0.5, 0.6) is 0 Å². The maximum atomic E-state index is 6.27. The summed E-state index contributed by atoms with van der Waals surface area (Å²) >= 11 is 6.27. The molecule has 0 radical (unpaired) electrons. The van der Waals surface area contributed by atoms with Crippen molar-refractivity contribution in [3.8, 4) is 0 Å². The SMILES string of the molecule is NC1CCC2CN(Cc3ccc(Cl)c4cccnc34)CC12. The second-order valence-electron chi connectivity index (χ2n) is 6.47. The number of halogens is 1. The molecule has 2 aliphatic rings. The van der Waals surface area contributed by atoms with Crippen molar-refractivity contribution in [1.82, 2.24) is 9.88 Å². The van der Waals surface area contributed by atoms with Gasteiger partial charge in [-0.2, -0.15) is 0 Å². The molecule has 0 bridgehead atoms. The molecule has 3 unspecified atom stereocenters. The number of hydrogen-bond acceptors (Lipinski definition) is 3. The van der Waals surface area contributed by atoms with E-state index in [1.807, 2.05) is 24.4 Å². The van der Waals surface area contributed by atoms with Crippen LogP contribution in [0.2, 0.25) is 5.02 Å². The van der Waals surface area contributed by atoms with E-state index >= 15 is 0 Å². The normalized spacial score (nSPS) is 29.1. The maximum Gasteiger partial charge on any atom is 0.0761 e. The Hall–Kier alpha value is -1.16. The quantitative estimate of drug-likeness (QED) is 0.927. The van der Waals surface area contributed by atoms with Crippen LogP contribution in [-0.4, -0.2) is 29.0 Å². The van der Waals surface area contributed by atoms with E-state index in [1.165, 1.54) is 24.9 Å². The van der Waals surface area contributed by atoms with Crippen LogP contribution in [0.3, 0.4) is 0 Å². The summed E-state index contributed by atoms with van der Waals surface area (Å²) in [6.07, 6.45) is 4.34. The molecule has 4 rings (SSSR count). The monoisotopic (exact) mass is 301 g/mol. The van der Waals surface area contributed by atoms with Gasteiger partial charge in [0, 0.05) is 42.3 Å². The Balaban J connectivity index is 1.60. The molecule has 3 atom stereocenters. The Labute approximate surface area is 130 Å². The van der Waals surface area contributed by atoms with Crippen LogP contribution in [0.4, 0.5) is 0 Å². The van der Waals surface area contributed by atoms with E-state index in [-0.39, 0.29) is 0 Å². The molecule has 1 saturated heterocycles. The van der Waals surface area contributed by atoms with Gasteiger partial charge in [0.1, 0.15) is 0 Å². The van der Waals surface area contributed by atoms with Gasteiger partial charge in [0.2, 0.25) is 0 Å². The largest absolute Gasteiger partial charge is 0.327 e. The van der Waals surface area contributed by atoms with Gasteiger partial charge in [0.15, 0.2) is 0 Å². The van der Waals surface area contributed by atoms with Crippen molar-refractivity contribution in [2.24, 2.45) is 17.6 Å². The first kappa shape index (κ1) is 13.5. The van der Waals surface area contributed by atoms with Crippen LogP contribution in [0, 0.1) is 11.8 Å². The topological polar surface area (TPSA) is 42.1 Å². The van der Waals surface area contributed by atoms with Gasteiger partial charge in [-0.15, -0.1) is 0 Å². The average Bonchev–Trinajstić information content (AvgIpc) is 3.05. The molecule has 2 fully saturated rings. The van der Waals surface area contributed by atoms with Crippen LogP contribution in [0.25, 0.3) is 10.9 Å². The minimum absolute atomic E-state index is 0.403.